The van der Waals surface area contributed by atoms with Gasteiger partial charge in [-0.1, -0.05) is 6.07 Å². The lowest BCUT2D eigenvalue weighted by Crippen LogP contribution is -2.52. The van der Waals surface area contributed by atoms with Gasteiger partial charge in [0.05, 0.1) is 6.42 Å². The number of rotatable bonds is 6. The van der Waals surface area contributed by atoms with Crippen LogP contribution in [0.5, 0.6) is 5.75 Å². The van der Waals surface area contributed by atoms with Crippen molar-refractivity contribution < 1.29 is 28.2 Å². The fraction of sp³-hybridized carbons (Fsp3) is 0.500. The van der Waals surface area contributed by atoms with Gasteiger partial charge in [0.1, 0.15) is 0 Å². The number of carbonyl (C=O) groups is 2. The van der Waals surface area contributed by atoms with E-state index in [0.717, 1.165) is 6.07 Å². The molecule has 1 aliphatic heterocycles. The van der Waals surface area contributed by atoms with Crippen molar-refractivity contribution in [3.8, 4) is 5.75 Å². The van der Waals surface area contributed by atoms with Gasteiger partial charge in [-0.2, -0.15) is 4.39 Å². The summed E-state index contributed by atoms with van der Waals surface area (Å²) < 4.78 is 32.0. The SMILES string of the molecule is C[C@H](Oc1cccc(F)c1F)C(=O)N1CCN(CCC(=O)O)CC1. The summed E-state index contributed by atoms with van der Waals surface area (Å²) in [6.07, 6.45) is -0.876. The summed E-state index contributed by atoms with van der Waals surface area (Å²) in [4.78, 5) is 26.5. The highest BCUT2D eigenvalue weighted by atomic mass is 19.2. The van der Waals surface area contributed by atoms with Gasteiger partial charge < -0.3 is 14.7 Å². The maximum absolute atomic E-state index is 13.6. The molecule has 0 unspecified atom stereocenters. The zero-order chi connectivity index (χ0) is 17.7. The Labute approximate surface area is 138 Å². The Morgan fingerprint density at radius 2 is 1.92 bits per heavy atom. The number of aliphatic carboxylic acids is 1. The first-order valence-electron chi connectivity index (χ1n) is 7.72. The van der Waals surface area contributed by atoms with E-state index in [2.05, 4.69) is 0 Å². The molecule has 1 amide bonds. The van der Waals surface area contributed by atoms with Gasteiger partial charge in [-0.25, -0.2) is 4.39 Å². The molecular weight excluding hydrogens is 322 g/mol. The van der Waals surface area contributed by atoms with Crippen molar-refractivity contribution in [2.75, 3.05) is 32.7 Å². The normalized spacial score (nSPS) is 16.7. The number of amides is 1. The number of piperazine rings is 1. The van der Waals surface area contributed by atoms with Crippen molar-refractivity contribution in [3.05, 3.63) is 29.8 Å². The quantitative estimate of drug-likeness (QED) is 0.845. The van der Waals surface area contributed by atoms with Crippen molar-refractivity contribution >= 4 is 11.9 Å². The van der Waals surface area contributed by atoms with Crippen LogP contribution in [0.4, 0.5) is 8.78 Å². The van der Waals surface area contributed by atoms with Crippen molar-refractivity contribution in [1.82, 2.24) is 9.80 Å². The van der Waals surface area contributed by atoms with Crippen LogP contribution in [0.25, 0.3) is 0 Å². The van der Waals surface area contributed by atoms with E-state index in [4.69, 9.17) is 9.84 Å². The van der Waals surface area contributed by atoms with Crippen LogP contribution in [0.3, 0.4) is 0 Å². The van der Waals surface area contributed by atoms with E-state index in [9.17, 15) is 18.4 Å². The van der Waals surface area contributed by atoms with E-state index in [1.165, 1.54) is 19.1 Å². The molecule has 1 heterocycles. The lowest BCUT2D eigenvalue weighted by atomic mass is 10.2. The van der Waals surface area contributed by atoms with E-state index in [0.29, 0.717) is 32.7 Å². The summed E-state index contributed by atoms with van der Waals surface area (Å²) in [5.74, 6) is -3.60. The summed E-state index contributed by atoms with van der Waals surface area (Å²) >= 11 is 0. The highest BCUT2D eigenvalue weighted by Crippen LogP contribution is 2.21. The fourth-order valence-corrected chi connectivity index (χ4v) is 2.52. The second kappa shape index (κ2) is 8.05. The lowest BCUT2D eigenvalue weighted by Gasteiger charge is -2.35. The number of nitrogens with zero attached hydrogens (tertiary/aromatic N) is 2. The first-order chi connectivity index (χ1) is 11.4. The first-order valence-corrected chi connectivity index (χ1v) is 7.72. The molecule has 1 atom stereocenters. The number of carboxylic acid groups (broad SMARTS) is 1. The van der Waals surface area contributed by atoms with Crippen molar-refractivity contribution in [1.29, 1.82) is 0 Å². The minimum Gasteiger partial charge on any atom is -0.481 e. The Morgan fingerprint density at radius 1 is 1.25 bits per heavy atom. The van der Waals surface area contributed by atoms with Gasteiger partial charge in [0.25, 0.3) is 5.91 Å². The molecule has 0 aromatic heterocycles. The third-order valence-corrected chi connectivity index (χ3v) is 3.89. The molecule has 24 heavy (non-hydrogen) atoms. The third kappa shape index (κ3) is 4.64. The van der Waals surface area contributed by atoms with Gasteiger partial charge in [0.2, 0.25) is 5.82 Å². The number of hydrogen-bond acceptors (Lipinski definition) is 4. The van der Waals surface area contributed by atoms with E-state index in [1.807, 2.05) is 4.90 Å². The topological polar surface area (TPSA) is 70.1 Å². The molecule has 1 aromatic carbocycles. The average Bonchev–Trinajstić information content (AvgIpc) is 2.57. The minimum atomic E-state index is -1.12. The number of benzene rings is 1. The van der Waals surface area contributed by atoms with Crippen LogP contribution in [-0.2, 0) is 9.59 Å². The van der Waals surface area contributed by atoms with Gasteiger partial charge in [-0.05, 0) is 19.1 Å². The number of carboxylic acids is 1. The Morgan fingerprint density at radius 3 is 2.54 bits per heavy atom. The molecular formula is C16H20F2N2O4. The third-order valence-electron chi connectivity index (χ3n) is 3.89. The second-order valence-electron chi connectivity index (χ2n) is 5.62. The second-order valence-corrected chi connectivity index (χ2v) is 5.62. The largest absolute Gasteiger partial charge is 0.481 e. The van der Waals surface area contributed by atoms with E-state index < -0.39 is 23.7 Å². The zero-order valence-corrected chi connectivity index (χ0v) is 13.4. The Bertz CT molecular complexity index is 604. The van der Waals surface area contributed by atoms with Gasteiger partial charge in [0, 0.05) is 32.7 Å². The molecule has 1 fully saturated rings. The Balaban J connectivity index is 1.86. The van der Waals surface area contributed by atoms with E-state index in [-0.39, 0.29) is 18.1 Å². The average molecular weight is 342 g/mol. The molecule has 132 valence electrons. The molecule has 0 spiro atoms. The van der Waals surface area contributed by atoms with Crippen molar-refractivity contribution in [2.45, 2.75) is 19.4 Å². The number of hydrogen-bond donors (Lipinski definition) is 1. The molecule has 1 N–H and O–H groups in total. The van der Waals surface area contributed by atoms with Gasteiger partial charge in [-0.3, -0.25) is 14.5 Å². The summed E-state index contributed by atoms with van der Waals surface area (Å²) in [5, 5.41) is 8.67. The molecule has 8 heteroatoms. The molecule has 6 nitrogen and oxygen atoms in total. The summed E-state index contributed by atoms with van der Waals surface area (Å²) in [5.41, 5.74) is 0. The molecule has 0 bridgehead atoms. The van der Waals surface area contributed by atoms with Crippen molar-refractivity contribution in [2.24, 2.45) is 0 Å². The predicted molar refractivity (Wildman–Crippen MR) is 81.7 cm³/mol. The van der Waals surface area contributed by atoms with Crippen LogP contribution < -0.4 is 4.74 Å². The summed E-state index contributed by atoms with van der Waals surface area (Å²) in [6.45, 7) is 3.96. The molecule has 0 radical (unpaired) electrons. The predicted octanol–water partition coefficient (Wildman–Crippen LogP) is 1.35. The Hall–Kier alpha value is -2.22. The molecule has 1 aliphatic rings. The first kappa shape index (κ1) is 18.1. The molecule has 1 saturated heterocycles. The van der Waals surface area contributed by atoms with Crippen LogP contribution in [0.2, 0.25) is 0 Å². The highest BCUT2D eigenvalue weighted by molar-refractivity contribution is 5.81. The molecule has 1 aromatic rings. The zero-order valence-electron chi connectivity index (χ0n) is 13.4. The number of ether oxygens (including phenoxy) is 1. The maximum atomic E-state index is 13.6. The smallest absolute Gasteiger partial charge is 0.304 e. The Kier molecular flexibility index (Phi) is 6.08. The number of carbonyl (C=O) groups excluding carboxylic acids is 1. The van der Waals surface area contributed by atoms with Gasteiger partial charge in [0.15, 0.2) is 17.7 Å². The van der Waals surface area contributed by atoms with Crippen LogP contribution in [0.15, 0.2) is 18.2 Å². The van der Waals surface area contributed by atoms with E-state index in [1.54, 1.807) is 4.90 Å². The fourth-order valence-electron chi connectivity index (χ4n) is 2.52. The lowest BCUT2D eigenvalue weighted by molar-refractivity contribution is -0.141. The summed E-state index contributed by atoms with van der Waals surface area (Å²) in [7, 11) is 0. The number of halogens is 2. The van der Waals surface area contributed by atoms with Crippen molar-refractivity contribution in [3.63, 3.8) is 0 Å². The van der Waals surface area contributed by atoms with Crippen LogP contribution in [0, 0.1) is 11.6 Å². The van der Waals surface area contributed by atoms with Gasteiger partial charge >= 0.3 is 5.97 Å². The van der Waals surface area contributed by atoms with Crippen LogP contribution in [-0.4, -0.2) is 65.6 Å². The minimum absolute atomic E-state index is 0.0618. The maximum Gasteiger partial charge on any atom is 0.304 e. The highest BCUT2D eigenvalue weighted by Gasteiger charge is 2.27. The van der Waals surface area contributed by atoms with Crippen LogP contribution >= 0.6 is 0 Å². The monoisotopic (exact) mass is 342 g/mol. The molecule has 2 rings (SSSR count). The van der Waals surface area contributed by atoms with Gasteiger partial charge in [-0.15, -0.1) is 0 Å². The molecule has 0 aliphatic carbocycles. The van der Waals surface area contributed by atoms with E-state index >= 15 is 0 Å². The summed E-state index contributed by atoms with van der Waals surface area (Å²) in [6, 6.07) is 3.56. The standard InChI is InChI=1S/C16H20F2N2O4/c1-11(24-13-4-2-3-12(17)15(13)18)16(23)20-9-7-19(8-10-20)6-5-14(21)22/h2-4,11H,5-10H2,1H3,(H,21,22)/t11-/m0/s1. The van der Waals surface area contributed by atoms with Crippen LogP contribution in [0.1, 0.15) is 13.3 Å². The molecule has 0 saturated carbocycles.